The highest BCUT2D eigenvalue weighted by molar-refractivity contribution is 5.86. The van der Waals surface area contributed by atoms with Crippen molar-refractivity contribution in [3.63, 3.8) is 0 Å². The third kappa shape index (κ3) is 3.97. The standard InChI is InChI=1S/C20H22N4O2/c1-14(5-7-22-13-21)18-11-24-20(17-6-8-26-19(17)18)23-10-15-3-2-4-16(9-15)12-25/h2-5,7,9,11-12H,6,8,10,13,21H2,1H3,(H,23,24)/b14-5+,22-7-. The number of benzene rings is 1. The number of aliphatic imine (C=N–C) groups is 1. The van der Waals surface area contributed by atoms with Crippen LogP contribution in [-0.4, -0.2) is 30.8 Å². The molecule has 0 saturated carbocycles. The van der Waals surface area contributed by atoms with Gasteiger partial charge in [-0.2, -0.15) is 0 Å². The van der Waals surface area contributed by atoms with Crippen LogP contribution < -0.4 is 15.8 Å². The van der Waals surface area contributed by atoms with Gasteiger partial charge < -0.3 is 15.8 Å². The van der Waals surface area contributed by atoms with Crippen molar-refractivity contribution in [2.45, 2.75) is 19.9 Å². The maximum atomic E-state index is 10.9. The van der Waals surface area contributed by atoms with Crippen LogP contribution >= 0.6 is 0 Å². The minimum Gasteiger partial charge on any atom is -0.492 e. The Morgan fingerprint density at radius 2 is 2.35 bits per heavy atom. The molecule has 2 heterocycles. The number of nitrogens with one attached hydrogen (secondary N) is 1. The molecule has 0 saturated heterocycles. The highest BCUT2D eigenvalue weighted by atomic mass is 16.5. The minimum absolute atomic E-state index is 0.269. The lowest BCUT2D eigenvalue weighted by atomic mass is 10.0. The van der Waals surface area contributed by atoms with Crippen LogP contribution in [0.4, 0.5) is 5.82 Å². The molecule has 26 heavy (non-hydrogen) atoms. The van der Waals surface area contributed by atoms with Gasteiger partial charge in [0.05, 0.1) is 13.3 Å². The molecule has 6 nitrogen and oxygen atoms in total. The fourth-order valence-corrected chi connectivity index (χ4v) is 2.90. The van der Waals surface area contributed by atoms with E-state index in [0.717, 1.165) is 46.5 Å². The van der Waals surface area contributed by atoms with Crippen LogP contribution in [0.1, 0.15) is 34.0 Å². The molecule has 0 atom stereocenters. The molecule has 1 aliphatic heterocycles. The summed E-state index contributed by atoms with van der Waals surface area (Å²) in [6.45, 7) is 3.51. The van der Waals surface area contributed by atoms with E-state index in [1.54, 1.807) is 12.3 Å². The van der Waals surface area contributed by atoms with Crippen LogP contribution in [0.3, 0.4) is 0 Å². The summed E-state index contributed by atoms with van der Waals surface area (Å²) in [5, 5.41) is 3.36. The summed E-state index contributed by atoms with van der Waals surface area (Å²) in [4.78, 5) is 19.5. The maximum Gasteiger partial charge on any atom is 0.150 e. The zero-order chi connectivity index (χ0) is 18.4. The Hall–Kier alpha value is -2.99. The SMILES string of the molecule is C/C(=C\C=N/CN)c1cnc(NCc2cccc(C=O)c2)c2c1OCC2. The summed E-state index contributed by atoms with van der Waals surface area (Å²) < 4.78 is 5.85. The Morgan fingerprint density at radius 3 is 3.15 bits per heavy atom. The van der Waals surface area contributed by atoms with Gasteiger partial charge in [-0.3, -0.25) is 9.79 Å². The molecule has 1 aromatic heterocycles. The van der Waals surface area contributed by atoms with E-state index < -0.39 is 0 Å². The number of carbonyl (C=O) groups excluding carboxylic acids is 1. The maximum absolute atomic E-state index is 10.9. The van der Waals surface area contributed by atoms with Gasteiger partial charge in [0.15, 0.2) is 0 Å². The molecule has 0 radical (unpaired) electrons. The van der Waals surface area contributed by atoms with Crippen LogP contribution in [0.2, 0.25) is 0 Å². The highest BCUT2D eigenvalue weighted by Gasteiger charge is 2.22. The third-order valence-electron chi connectivity index (χ3n) is 4.23. The molecule has 134 valence electrons. The van der Waals surface area contributed by atoms with Gasteiger partial charge in [0.2, 0.25) is 0 Å². The highest BCUT2D eigenvalue weighted by Crippen LogP contribution is 2.37. The first-order valence-electron chi connectivity index (χ1n) is 8.52. The molecular weight excluding hydrogens is 328 g/mol. The van der Waals surface area contributed by atoms with Gasteiger partial charge in [0.25, 0.3) is 0 Å². The summed E-state index contributed by atoms with van der Waals surface area (Å²) in [5.74, 6) is 1.69. The molecule has 0 fully saturated rings. The summed E-state index contributed by atoms with van der Waals surface area (Å²) in [5.41, 5.74) is 10.1. The normalized spacial score (nSPS) is 13.5. The van der Waals surface area contributed by atoms with Gasteiger partial charge in [-0.1, -0.05) is 18.2 Å². The number of anilines is 1. The lowest BCUT2D eigenvalue weighted by Gasteiger charge is -2.13. The molecule has 0 aliphatic carbocycles. The van der Waals surface area contributed by atoms with E-state index in [4.69, 9.17) is 10.5 Å². The third-order valence-corrected chi connectivity index (χ3v) is 4.23. The van der Waals surface area contributed by atoms with Gasteiger partial charge in [0.1, 0.15) is 17.9 Å². The minimum atomic E-state index is 0.269. The average Bonchev–Trinajstić information content (AvgIpc) is 3.16. The molecule has 2 aromatic rings. The number of hydrogen-bond acceptors (Lipinski definition) is 6. The second kappa shape index (κ2) is 8.40. The zero-order valence-corrected chi connectivity index (χ0v) is 14.7. The van der Waals surface area contributed by atoms with Crippen LogP contribution in [0.15, 0.2) is 41.5 Å². The quantitative estimate of drug-likeness (QED) is 0.592. The predicted molar refractivity (Wildman–Crippen MR) is 104 cm³/mol. The molecule has 0 unspecified atom stereocenters. The van der Waals surface area contributed by atoms with Gasteiger partial charge in [-0.05, 0) is 30.2 Å². The molecule has 0 bridgehead atoms. The first-order valence-corrected chi connectivity index (χ1v) is 8.52. The molecule has 3 rings (SSSR count). The van der Waals surface area contributed by atoms with Crippen molar-refractivity contribution >= 4 is 23.9 Å². The molecule has 3 N–H and O–H groups in total. The Kier molecular flexibility index (Phi) is 5.76. The number of aldehydes is 1. The van der Waals surface area contributed by atoms with Crippen LogP contribution in [0, 0.1) is 0 Å². The lowest BCUT2D eigenvalue weighted by molar-refractivity contribution is 0.112. The predicted octanol–water partition coefficient (Wildman–Crippen LogP) is 2.83. The van der Waals surface area contributed by atoms with Gasteiger partial charge >= 0.3 is 0 Å². The van der Waals surface area contributed by atoms with Crippen molar-refractivity contribution in [1.29, 1.82) is 0 Å². The molecule has 6 heteroatoms. The van der Waals surface area contributed by atoms with E-state index in [-0.39, 0.29) is 6.67 Å². The van der Waals surface area contributed by atoms with E-state index in [1.165, 1.54) is 0 Å². The lowest BCUT2D eigenvalue weighted by Crippen LogP contribution is -2.05. The summed E-state index contributed by atoms with van der Waals surface area (Å²) >= 11 is 0. The summed E-state index contributed by atoms with van der Waals surface area (Å²) in [6.07, 6.45) is 7.09. The first-order chi connectivity index (χ1) is 12.7. The van der Waals surface area contributed by atoms with E-state index in [9.17, 15) is 4.79 Å². The van der Waals surface area contributed by atoms with Crippen molar-refractivity contribution in [1.82, 2.24) is 4.98 Å². The zero-order valence-electron chi connectivity index (χ0n) is 14.7. The van der Waals surface area contributed by atoms with E-state index >= 15 is 0 Å². The second-order valence-corrected chi connectivity index (χ2v) is 6.01. The molecule has 0 spiro atoms. The smallest absolute Gasteiger partial charge is 0.150 e. The second-order valence-electron chi connectivity index (χ2n) is 6.01. The Labute approximate surface area is 152 Å². The Morgan fingerprint density at radius 1 is 1.46 bits per heavy atom. The number of fused-ring (bicyclic) bond motifs is 1. The average molecular weight is 350 g/mol. The van der Waals surface area contributed by atoms with E-state index in [1.807, 2.05) is 37.4 Å². The number of rotatable bonds is 7. The van der Waals surface area contributed by atoms with E-state index in [2.05, 4.69) is 15.3 Å². The number of pyridine rings is 1. The van der Waals surface area contributed by atoms with Crippen molar-refractivity contribution in [3.05, 3.63) is 58.8 Å². The number of carbonyl (C=O) groups is 1. The molecule has 1 aliphatic rings. The van der Waals surface area contributed by atoms with Crippen molar-refractivity contribution < 1.29 is 9.53 Å². The van der Waals surface area contributed by atoms with Crippen molar-refractivity contribution in [2.75, 3.05) is 18.6 Å². The van der Waals surface area contributed by atoms with Crippen LogP contribution in [0.5, 0.6) is 5.75 Å². The largest absolute Gasteiger partial charge is 0.492 e. The summed E-state index contributed by atoms with van der Waals surface area (Å²) in [7, 11) is 0. The van der Waals surface area contributed by atoms with Gasteiger partial charge in [-0.15, -0.1) is 0 Å². The van der Waals surface area contributed by atoms with Gasteiger partial charge in [0, 0.05) is 42.1 Å². The van der Waals surface area contributed by atoms with Crippen LogP contribution in [-0.2, 0) is 13.0 Å². The van der Waals surface area contributed by atoms with Crippen molar-refractivity contribution in [2.24, 2.45) is 10.7 Å². The molecule has 1 aromatic carbocycles. The fraction of sp³-hybridized carbons (Fsp3) is 0.250. The number of ether oxygens (including phenoxy) is 1. The van der Waals surface area contributed by atoms with Crippen LogP contribution in [0.25, 0.3) is 5.57 Å². The number of hydrogen-bond donors (Lipinski definition) is 2. The number of allylic oxidation sites excluding steroid dienone is 2. The van der Waals surface area contributed by atoms with Gasteiger partial charge in [-0.25, -0.2) is 4.98 Å². The monoisotopic (exact) mass is 350 g/mol. The summed E-state index contributed by atoms with van der Waals surface area (Å²) in [6, 6.07) is 7.52. The number of nitrogens with zero attached hydrogens (tertiary/aromatic N) is 2. The Balaban J connectivity index is 1.81. The topological polar surface area (TPSA) is 89.6 Å². The molecule has 0 amide bonds. The van der Waals surface area contributed by atoms with E-state index in [0.29, 0.717) is 18.7 Å². The Bertz CT molecular complexity index is 859. The fourth-order valence-electron chi connectivity index (χ4n) is 2.90. The first kappa shape index (κ1) is 17.8. The van der Waals surface area contributed by atoms with Crippen molar-refractivity contribution in [3.8, 4) is 5.75 Å². The molecular formula is C20H22N4O2. The number of nitrogens with two attached hydrogens (primary N) is 1. The number of aromatic nitrogens is 1.